The van der Waals surface area contributed by atoms with Gasteiger partial charge in [0, 0.05) is 5.56 Å². The first kappa shape index (κ1) is 12.0. The van der Waals surface area contributed by atoms with E-state index in [2.05, 4.69) is 0 Å². The molecule has 1 aromatic rings. The normalized spacial score (nSPS) is 19.1. The van der Waals surface area contributed by atoms with Gasteiger partial charge in [-0.15, -0.1) is 0 Å². The zero-order chi connectivity index (χ0) is 12.5. The third-order valence-electron chi connectivity index (χ3n) is 2.65. The Bertz CT molecular complexity index is 418. The first-order valence-electron chi connectivity index (χ1n) is 5.92. The maximum Gasteiger partial charge on any atom is 0.314 e. The average Bonchev–Trinajstić information content (AvgIpc) is 2.26. The summed E-state index contributed by atoms with van der Waals surface area (Å²) in [5, 5.41) is 0. The van der Waals surface area contributed by atoms with Crippen LogP contribution in [0.2, 0.25) is 0 Å². The van der Waals surface area contributed by atoms with Gasteiger partial charge in [0.1, 0.15) is 11.4 Å². The first-order chi connectivity index (χ1) is 7.97. The van der Waals surface area contributed by atoms with Crippen LogP contribution >= 0.6 is 0 Å². The third kappa shape index (κ3) is 2.78. The number of ether oxygens (including phenoxy) is 2. The van der Waals surface area contributed by atoms with Gasteiger partial charge < -0.3 is 9.47 Å². The topological polar surface area (TPSA) is 35.5 Å². The van der Waals surface area contributed by atoms with Gasteiger partial charge in [-0.3, -0.25) is 4.79 Å². The zero-order valence-corrected chi connectivity index (χ0v) is 10.5. The molecular formula is C14H18O3. The second-order valence-electron chi connectivity index (χ2n) is 5.26. The highest BCUT2D eigenvalue weighted by molar-refractivity contribution is 5.79. The Morgan fingerprint density at radius 3 is 2.76 bits per heavy atom. The molecule has 3 nitrogen and oxygen atoms in total. The van der Waals surface area contributed by atoms with Crippen LogP contribution in [0.4, 0.5) is 0 Å². The summed E-state index contributed by atoms with van der Waals surface area (Å²) >= 11 is 0. The standard InChI is InChI=1S/C14H18O3/c1-14(2,3)17-13(15)11-8-9-16-12-7-5-4-6-10(11)12/h4-7,11H,8-9H2,1-3H3. The molecule has 3 heteroatoms. The van der Waals surface area contributed by atoms with Crippen LogP contribution in [0.25, 0.3) is 0 Å². The quantitative estimate of drug-likeness (QED) is 0.701. The Balaban J connectivity index is 2.21. The number of rotatable bonds is 1. The Hall–Kier alpha value is -1.51. The Morgan fingerprint density at radius 2 is 2.06 bits per heavy atom. The van der Waals surface area contributed by atoms with E-state index in [0.717, 1.165) is 11.3 Å². The maximum atomic E-state index is 12.1. The van der Waals surface area contributed by atoms with E-state index >= 15 is 0 Å². The first-order valence-corrected chi connectivity index (χ1v) is 5.92. The van der Waals surface area contributed by atoms with Crippen LogP contribution < -0.4 is 4.74 Å². The molecule has 1 aromatic carbocycles. The van der Waals surface area contributed by atoms with Crippen molar-refractivity contribution in [2.75, 3.05) is 6.61 Å². The fraction of sp³-hybridized carbons (Fsp3) is 0.500. The summed E-state index contributed by atoms with van der Waals surface area (Å²) in [7, 11) is 0. The fourth-order valence-corrected chi connectivity index (χ4v) is 1.96. The largest absolute Gasteiger partial charge is 0.493 e. The Kier molecular flexibility index (Phi) is 3.09. The van der Waals surface area contributed by atoms with Gasteiger partial charge in [-0.2, -0.15) is 0 Å². The summed E-state index contributed by atoms with van der Waals surface area (Å²) in [6.07, 6.45) is 0.686. The summed E-state index contributed by atoms with van der Waals surface area (Å²) in [5.41, 5.74) is 0.498. The van der Waals surface area contributed by atoms with Crippen LogP contribution in [0.1, 0.15) is 38.7 Å². The second kappa shape index (κ2) is 4.40. The van der Waals surface area contributed by atoms with E-state index in [1.165, 1.54) is 0 Å². The molecule has 0 aliphatic carbocycles. The minimum absolute atomic E-state index is 0.159. The van der Waals surface area contributed by atoms with E-state index in [4.69, 9.17) is 9.47 Å². The molecule has 17 heavy (non-hydrogen) atoms. The van der Waals surface area contributed by atoms with E-state index in [-0.39, 0.29) is 11.9 Å². The van der Waals surface area contributed by atoms with Crippen molar-refractivity contribution in [3.8, 4) is 5.75 Å². The molecule has 1 atom stereocenters. The number of carbonyl (C=O) groups is 1. The number of para-hydroxylation sites is 1. The van der Waals surface area contributed by atoms with Gasteiger partial charge >= 0.3 is 5.97 Å². The molecule has 0 saturated heterocycles. The fourth-order valence-electron chi connectivity index (χ4n) is 1.96. The molecule has 92 valence electrons. The summed E-state index contributed by atoms with van der Waals surface area (Å²) in [6, 6.07) is 7.66. The molecule has 1 aliphatic heterocycles. The van der Waals surface area contributed by atoms with E-state index in [9.17, 15) is 4.79 Å². The minimum Gasteiger partial charge on any atom is -0.493 e. The summed E-state index contributed by atoms with van der Waals surface area (Å²) in [5.74, 6) is 0.446. The SMILES string of the molecule is CC(C)(C)OC(=O)C1CCOc2ccccc21. The molecule has 1 aliphatic rings. The van der Waals surface area contributed by atoms with Crippen LogP contribution in [0, 0.1) is 0 Å². The van der Waals surface area contributed by atoms with Crippen LogP contribution in [-0.4, -0.2) is 18.2 Å². The smallest absolute Gasteiger partial charge is 0.314 e. The minimum atomic E-state index is -0.440. The third-order valence-corrected chi connectivity index (χ3v) is 2.65. The molecular weight excluding hydrogens is 216 g/mol. The highest BCUT2D eigenvalue weighted by Crippen LogP contribution is 2.34. The van der Waals surface area contributed by atoms with Crippen LogP contribution in [0.5, 0.6) is 5.75 Å². The van der Waals surface area contributed by atoms with Crippen molar-refractivity contribution in [2.24, 2.45) is 0 Å². The van der Waals surface area contributed by atoms with E-state index in [0.29, 0.717) is 13.0 Å². The summed E-state index contributed by atoms with van der Waals surface area (Å²) in [6.45, 7) is 6.23. The highest BCUT2D eigenvalue weighted by atomic mass is 16.6. The number of benzene rings is 1. The molecule has 1 heterocycles. The molecule has 1 unspecified atom stereocenters. The van der Waals surface area contributed by atoms with Gasteiger partial charge in [0.15, 0.2) is 0 Å². The molecule has 2 rings (SSSR count). The molecule has 0 bridgehead atoms. The number of hydrogen-bond donors (Lipinski definition) is 0. The van der Waals surface area contributed by atoms with Crippen molar-refractivity contribution < 1.29 is 14.3 Å². The molecule has 0 aromatic heterocycles. The predicted molar refractivity (Wildman–Crippen MR) is 65.1 cm³/mol. The lowest BCUT2D eigenvalue weighted by molar-refractivity contribution is -0.157. The molecule has 0 N–H and O–H groups in total. The van der Waals surface area contributed by atoms with Crippen molar-refractivity contribution in [3.63, 3.8) is 0 Å². The van der Waals surface area contributed by atoms with E-state index in [1.54, 1.807) is 0 Å². The van der Waals surface area contributed by atoms with Crippen molar-refractivity contribution in [1.29, 1.82) is 0 Å². The van der Waals surface area contributed by atoms with E-state index < -0.39 is 5.60 Å². The second-order valence-corrected chi connectivity index (χ2v) is 5.26. The monoisotopic (exact) mass is 234 g/mol. The summed E-state index contributed by atoms with van der Waals surface area (Å²) < 4.78 is 11.0. The van der Waals surface area contributed by atoms with Crippen molar-refractivity contribution in [1.82, 2.24) is 0 Å². The maximum absolute atomic E-state index is 12.1. The van der Waals surface area contributed by atoms with Crippen molar-refractivity contribution in [2.45, 2.75) is 38.7 Å². The lowest BCUT2D eigenvalue weighted by Crippen LogP contribution is -2.30. The number of hydrogen-bond acceptors (Lipinski definition) is 3. The average molecular weight is 234 g/mol. The van der Waals surface area contributed by atoms with Gasteiger partial charge in [-0.25, -0.2) is 0 Å². The number of carbonyl (C=O) groups excluding carboxylic acids is 1. The van der Waals surface area contributed by atoms with Crippen LogP contribution in [0.15, 0.2) is 24.3 Å². The predicted octanol–water partition coefficient (Wildman–Crippen LogP) is 2.89. The number of fused-ring (bicyclic) bond motifs is 1. The molecule has 0 fully saturated rings. The van der Waals surface area contributed by atoms with Gasteiger partial charge in [-0.05, 0) is 33.3 Å². The molecule has 0 saturated carbocycles. The zero-order valence-electron chi connectivity index (χ0n) is 10.5. The van der Waals surface area contributed by atoms with Crippen molar-refractivity contribution in [3.05, 3.63) is 29.8 Å². The molecule has 0 spiro atoms. The Labute approximate surface area is 102 Å². The molecule has 0 radical (unpaired) electrons. The van der Waals surface area contributed by atoms with Gasteiger partial charge in [-0.1, -0.05) is 18.2 Å². The Morgan fingerprint density at radius 1 is 1.35 bits per heavy atom. The lowest BCUT2D eigenvalue weighted by Gasteiger charge is -2.28. The van der Waals surface area contributed by atoms with Crippen molar-refractivity contribution >= 4 is 5.97 Å². The van der Waals surface area contributed by atoms with Gasteiger partial charge in [0.2, 0.25) is 0 Å². The molecule has 0 amide bonds. The lowest BCUT2D eigenvalue weighted by atomic mass is 9.93. The van der Waals surface area contributed by atoms with Crippen LogP contribution in [-0.2, 0) is 9.53 Å². The van der Waals surface area contributed by atoms with E-state index in [1.807, 2.05) is 45.0 Å². The summed E-state index contributed by atoms with van der Waals surface area (Å²) in [4.78, 5) is 12.1. The highest BCUT2D eigenvalue weighted by Gasteiger charge is 2.31. The van der Waals surface area contributed by atoms with Gasteiger partial charge in [0.25, 0.3) is 0 Å². The van der Waals surface area contributed by atoms with Gasteiger partial charge in [0.05, 0.1) is 12.5 Å². The number of esters is 1. The van der Waals surface area contributed by atoms with Crippen LogP contribution in [0.3, 0.4) is 0 Å².